The molecule has 0 radical (unpaired) electrons. The van der Waals surface area contributed by atoms with Gasteiger partial charge in [-0.2, -0.15) is 4.98 Å². The molecule has 1 saturated heterocycles. The summed E-state index contributed by atoms with van der Waals surface area (Å²) in [5.74, 6) is -2.58. The van der Waals surface area contributed by atoms with Gasteiger partial charge >= 0.3 is 6.09 Å². The van der Waals surface area contributed by atoms with Crippen LogP contribution in [0.2, 0.25) is 0 Å². The summed E-state index contributed by atoms with van der Waals surface area (Å²) in [6.45, 7) is 11.4. The van der Waals surface area contributed by atoms with Gasteiger partial charge in [0.05, 0.1) is 12.3 Å². The standard InChI is InChI=1S/C35H39F3N6O3/c1-22-7-10-27(24(3)23(22)2)31-21-33(47-35(45)43(5)26-9-11-28(36)29(37)20-26)41-34(40-31)39-25-8-12-32(30(38)19-25)46-18-6-13-44-16-14-42(4)15-17-44/h7-12,19-21H,6,13-18H2,1-5H3,(H,39,40,41). The molecular formula is C35H39F3N6O3. The van der Waals surface area contributed by atoms with Gasteiger partial charge in [-0.25, -0.2) is 22.9 Å². The van der Waals surface area contributed by atoms with Gasteiger partial charge in [0.2, 0.25) is 11.8 Å². The number of benzene rings is 3. The molecule has 0 atom stereocenters. The lowest BCUT2D eigenvalue weighted by molar-refractivity contribution is 0.145. The van der Waals surface area contributed by atoms with Gasteiger partial charge in [-0.1, -0.05) is 12.1 Å². The number of carbonyl (C=O) groups is 1. The van der Waals surface area contributed by atoms with Crippen LogP contribution in [0.5, 0.6) is 11.6 Å². The molecule has 4 aromatic rings. The van der Waals surface area contributed by atoms with E-state index in [0.717, 1.165) is 78.4 Å². The Hall–Kier alpha value is -4.68. The van der Waals surface area contributed by atoms with Gasteiger partial charge in [0.25, 0.3) is 0 Å². The Labute approximate surface area is 272 Å². The fourth-order valence-corrected chi connectivity index (χ4v) is 5.23. The Morgan fingerprint density at radius 3 is 2.38 bits per heavy atom. The molecule has 248 valence electrons. The third-order valence-corrected chi connectivity index (χ3v) is 8.45. The van der Waals surface area contributed by atoms with Crippen LogP contribution < -0.4 is 19.7 Å². The van der Waals surface area contributed by atoms with Gasteiger partial charge in [-0.3, -0.25) is 4.90 Å². The largest absolute Gasteiger partial charge is 0.490 e. The SMILES string of the molecule is Cc1ccc(-c2cc(OC(=O)N(C)c3ccc(F)c(F)c3)nc(Nc3ccc(OCCCN4CCN(C)CC4)c(F)c3)n2)c(C)c1C. The van der Waals surface area contributed by atoms with Crippen LogP contribution >= 0.6 is 0 Å². The lowest BCUT2D eigenvalue weighted by Gasteiger charge is -2.32. The number of nitrogens with zero attached hydrogens (tertiary/aromatic N) is 5. The van der Waals surface area contributed by atoms with Crippen molar-refractivity contribution in [1.82, 2.24) is 19.8 Å². The maximum atomic E-state index is 15.1. The molecule has 0 saturated carbocycles. The molecule has 1 N–H and O–H groups in total. The number of piperazine rings is 1. The van der Waals surface area contributed by atoms with E-state index in [1.807, 2.05) is 32.9 Å². The quantitative estimate of drug-likeness (QED) is 0.187. The predicted molar refractivity (Wildman–Crippen MR) is 176 cm³/mol. The number of likely N-dealkylation sites (N-methyl/N-ethyl adjacent to an activating group) is 1. The highest BCUT2D eigenvalue weighted by molar-refractivity contribution is 5.88. The first-order valence-corrected chi connectivity index (χ1v) is 15.5. The van der Waals surface area contributed by atoms with Gasteiger partial charge < -0.3 is 24.6 Å². The van der Waals surface area contributed by atoms with E-state index in [2.05, 4.69) is 32.1 Å². The molecule has 1 aliphatic rings. The van der Waals surface area contributed by atoms with E-state index >= 15 is 4.39 Å². The smallest absolute Gasteiger partial charge is 0.420 e. The minimum atomic E-state index is -1.10. The zero-order chi connectivity index (χ0) is 33.7. The Kier molecular flexibility index (Phi) is 10.6. The zero-order valence-electron chi connectivity index (χ0n) is 27.2. The van der Waals surface area contributed by atoms with Gasteiger partial charge in [0.15, 0.2) is 23.2 Å². The summed E-state index contributed by atoms with van der Waals surface area (Å²) < 4.78 is 53.6. The van der Waals surface area contributed by atoms with Crippen molar-refractivity contribution >= 4 is 23.4 Å². The van der Waals surface area contributed by atoms with E-state index in [1.165, 1.54) is 25.2 Å². The number of nitrogens with one attached hydrogen (secondary N) is 1. The molecule has 2 heterocycles. The van der Waals surface area contributed by atoms with Crippen molar-refractivity contribution in [1.29, 1.82) is 0 Å². The van der Waals surface area contributed by atoms with Crippen LogP contribution in [-0.4, -0.2) is 79.3 Å². The third kappa shape index (κ3) is 8.38. The normalized spacial score (nSPS) is 13.8. The molecule has 47 heavy (non-hydrogen) atoms. The van der Waals surface area contributed by atoms with Crippen LogP contribution in [0.3, 0.4) is 0 Å². The second kappa shape index (κ2) is 14.8. The minimum Gasteiger partial charge on any atom is -0.490 e. The fraction of sp³-hybridized carbons (Fsp3) is 0.343. The van der Waals surface area contributed by atoms with Crippen molar-refractivity contribution in [2.75, 3.05) is 63.6 Å². The second-order valence-electron chi connectivity index (χ2n) is 11.7. The Morgan fingerprint density at radius 1 is 0.894 bits per heavy atom. The lowest BCUT2D eigenvalue weighted by atomic mass is 9.97. The van der Waals surface area contributed by atoms with Crippen LogP contribution in [0, 0.1) is 38.2 Å². The Balaban J connectivity index is 1.33. The van der Waals surface area contributed by atoms with Gasteiger partial charge in [0.1, 0.15) is 0 Å². The number of hydrogen-bond donors (Lipinski definition) is 1. The van der Waals surface area contributed by atoms with Crippen molar-refractivity contribution in [3.63, 3.8) is 0 Å². The van der Waals surface area contributed by atoms with Crippen molar-refractivity contribution in [3.05, 3.63) is 88.7 Å². The molecule has 3 aromatic carbocycles. The summed E-state index contributed by atoms with van der Waals surface area (Å²) >= 11 is 0. The topological polar surface area (TPSA) is 83.1 Å². The van der Waals surface area contributed by atoms with Crippen LogP contribution in [0.4, 0.5) is 35.3 Å². The average molecular weight is 649 g/mol. The first kappa shape index (κ1) is 33.7. The minimum absolute atomic E-state index is 0.0543. The maximum absolute atomic E-state index is 15.1. The summed E-state index contributed by atoms with van der Waals surface area (Å²) in [5, 5.41) is 3.01. The first-order chi connectivity index (χ1) is 22.5. The molecule has 0 aliphatic carbocycles. The van der Waals surface area contributed by atoms with E-state index in [0.29, 0.717) is 18.0 Å². The van der Waals surface area contributed by atoms with Crippen molar-refractivity contribution in [3.8, 4) is 22.9 Å². The highest BCUT2D eigenvalue weighted by Gasteiger charge is 2.19. The van der Waals surface area contributed by atoms with E-state index in [4.69, 9.17) is 9.47 Å². The average Bonchev–Trinajstić information content (AvgIpc) is 3.04. The number of aryl methyl sites for hydroxylation is 1. The number of aromatic nitrogens is 2. The predicted octanol–water partition coefficient (Wildman–Crippen LogP) is 6.88. The van der Waals surface area contributed by atoms with Crippen LogP contribution in [0.1, 0.15) is 23.1 Å². The van der Waals surface area contributed by atoms with E-state index < -0.39 is 23.5 Å². The van der Waals surface area contributed by atoms with Crippen LogP contribution in [0.25, 0.3) is 11.3 Å². The lowest BCUT2D eigenvalue weighted by Crippen LogP contribution is -2.44. The van der Waals surface area contributed by atoms with Gasteiger partial charge in [-0.05, 0) is 75.2 Å². The number of hydrogen-bond acceptors (Lipinski definition) is 8. The Bertz CT molecular complexity index is 1750. The molecule has 0 bridgehead atoms. The summed E-state index contributed by atoms with van der Waals surface area (Å²) in [6.07, 6.45) is -0.0994. The molecule has 1 aliphatic heterocycles. The number of amides is 1. The molecule has 9 nitrogen and oxygen atoms in total. The van der Waals surface area contributed by atoms with E-state index in [-0.39, 0.29) is 23.3 Å². The number of halogens is 3. The highest BCUT2D eigenvalue weighted by Crippen LogP contribution is 2.31. The Morgan fingerprint density at radius 2 is 1.66 bits per heavy atom. The second-order valence-corrected chi connectivity index (χ2v) is 11.7. The molecule has 12 heteroatoms. The van der Waals surface area contributed by atoms with E-state index in [9.17, 15) is 13.6 Å². The molecule has 1 fully saturated rings. The molecular weight excluding hydrogens is 609 g/mol. The van der Waals surface area contributed by atoms with Crippen molar-refractivity contribution in [2.24, 2.45) is 0 Å². The van der Waals surface area contributed by atoms with Gasteiger partial charge in [0, 0.05) is 74.9 Å². The highest BCUT2D eigenvalue weighted by atomic mass is 19.2. The fourth-order valence-electron chi connectivity index (χ4n) is 5.23. The van der Waals surface area contributed by atoms with Crippen LogP contribution in [-0.2, 0) is 0 Å². The number of ether oxygens (including phenoxy) is 2. The summed E-state index contributed by atoms with van der Waals surface area (Å²) in [7, 11) is 3.48. The summed E-state index contributed by atoms with van der Waals surface area (Å²) in [5.41, 5.74) is 4.86. The molecule has 1 amide bonds. The third-order valence-electron chi connectivity index (χ3n) is 8.45. The monoisotopic (exact) mass is 648 g/mol. The van der Waals surface area contributed by atoms with E-state index in [1.54, 1.807) is 12.1 Å². The first-order valence-electron chi connectivity index (χ1n) is 15.5. The summed E-state index contributed by atoms with van der Waals surface area (Å²) in [6, 6.07) is 12.9. The van der Waals surface area contributed by atoms with Crippen molar-refractivity contribution < 1.29 is 27.4 Å². The number of carbonyl (C=O) groups excluding carboxylic acids is 1. The van der Waals surface area contributed by atoms with Gasteiger partial charge in [-0.15, -0.1) is 0 Å². The van der Waals surface area contributed by atoms with Crippen molar-refractivity contribution in [2.45, 2.75) is 27.2 Å². The summed E-state index contributed by atoms with van der Waals surface area (Å²) in [4.78, 5) is 27.7. The molecule has 5 rings (SSSR count). The molecule has 0 spiro atoms. The molecule has 0 unspecified atom stereocenters. The number of rotatable bonds is 10. The molecule has 1 aromatic heterocycles. The number of anilines is 3. The zero-order valence-corrected chi connectivity index (χ0v) is 27.2. The van der Waals surface area contributed by atoms with Crippen LogP contribution in [0.15, 0.2) is 54.6 Å². The maximum Gasteiger partial charge on any atom is 0.420 e.